The molecule has 0 fully saturated rings. The number of hydrogen-bond acceptors (Lipinski definition) is 5. The van der Waals surface area contributed by atoms with Crippen molar-refractivity contribution in [2.24, 2.45) is 0 Å². The predicted molar refractivity (Wildman–Crippen MR) is 70.1 cm³/mol. The summed E-state index contributed by atoms with van der Waals surface area (Å²) in [7, 11) is -3.19. The van der Waals surface area contributed by atoms with Crippen molar-refractivity contribution in [2.45, 2.75) is 11.5 Å². The van der Waals surface area contributed by atoms with Crippen LogP contribution in [-0.2, 0) is 21.3 Å². The van der Waals surface area contributed by atoms with Crippen LogP contribution in [0.25, 0.3) is 0 Å². The fraction of sp³-hybridized carbons (Fsp3) is 0.200. The van der Waals surface area contributed by atoms with Gasteiger partial charge in [-0.05, 0) is 17.8 Å². The Kier molecular flexibility index (Phi) is 3.70. The summed E-state index contributed by atoms with van der Waals surface area (Å²) in [5.41, 5.74) is 0.784. The number of nitrogens with one attached hydrogen (secondary N) is 1. The number of aromatic nitrogens is 2. The van der Waals surface area contributed by atoms with E-state index in [1.165, 1.54) is 11.3 Å². The molecular formula is C10H10N2O2S3. The first-order valence-corrected chi connectivity index (χ1v) is 7.88. The van der Waals surface area contributed by atoms with Crippen LogP contribution < -0.4 is 0 Å². The van der Waals surface area contributed by atoms with E-state index >= 15 is 0 Å². The normalized spacial score (nSPS) is 11.5. The minimum absolute atomic E-state index is 0.0280. The Bertz CT molecular complexity index is 643. The van der Waals surface area contributed by atoms with Crippen molar-refractivity contribution in [3.63, 3.8) is 0 Å². The lowest BCUT2D eigenvalue weighted by Crippen LogP contribution is -2.07. The molecule has 2 aromatic rings. The highest BCUT2D eigenvalue weighted by atomic mass is 32.2. The molecule has 0 aliphatic heterocycles. The molecule has 0 bridgehead atoms. The van der Waals surface area contributed by atoms with Gasteiger partial charge in [-0.2, -0.15) is 5.10 Å². The van der Waals surface area contributed by atoms with Crippen molar-refractivity contribution >= 4 is 33.4 Å². The highest BCUT2D eigenvalue weighted by Crippen LogP contribution is 2.13. The molecule has 0 saturated carbocycles. The summed E-state index contributed by atoms with van der Waals surface area (Å²) in [4.78, 5) is 0. The van der Waals surface area contributed by atoms with Crippen LogP contribution in [0, 0.1) is 3.95 Å². The van der Waals surface area contributed by atoms with Gasteiger partial charge in [-0.3, -0.25) is 5.10 Å². The molecule has 0 aliphatic carbocycles. The molecule has 0 radical (unpaired) electrons. The minimum Gasteiger partial charge on any atom is -0.258 e. The lowest BCUT2D eigenvalue weighted by atomic mass is 10.2. The first-order valence-electron chi connectivity index (χ1n) is 4.84. The van der Waals surface area contributed by atoms with Crippen LogP contribution in [0.4, 0.5) is 0 Å². The smallest absolute Gasteiger partial charge is 0.176 e. The number of nitrogens with zero attached hydrogens (tertiary/aromatic N) is 1. The summed E-state index contributed by atoms with van der Waals surface area (Å²) < 4.78 is 24.3. The molecule has 1 aromatic heterocycles. The summed E-state index contributed by atoms with van der Waals surface area (Å²) in [6, 6.07) is 9.09. The van der Waals surface area contributed by atoms with Gasteiger partial charge in [-0.25, -0.2) is 8.42 Å². The fourth-order valence-electron chi connectivity index (χ4n) is 1.39. The second-order valence-electron chi connectivity index (χ2n) is 3.52. The monoisotopic (exact) mass is 286 g/mol. The first kappa shape index (κ1) is 12.4. The Morgan fingerprint density at radius 1 is 1.24 bits per heavy atom. The van der Waals surface area contributed by atoms with Crippen molar-refractivity contribution in [3.05, 3.63) is 44.9 Å². The van der Waals surface area contributed by atoms with Gasteiger partial charge < -0.3 is 0 Å². The van der Waals surface area contributed by atoms with Crippen LogP contribution in [-0.4, -0.2) is 18.6 Å². The van der Waals surface area contributed by atoms with E-state index in [2.05, 4.69) is 10.2 Å². The van der Waals surface area contributed by atoms with Gasteiger partial charge in [0.2, 0.25) is 0 Å². The molecule has 1 aromatic carbocycles. The SMILES string of the molecule is O=S(=O)(Cc1ccccc1)Cc1n[nH]c(=S)s1. The summed E-state index contributed by atoms with van der Waals surface area (Å²) in [5.74, 6) is -0.0418. The van der Waals surface area contributed by atoms with Crippen LogP contribution in [0.15, 0.2) is 30.3 Å². The maximum atomic E-state index is 11.9. The van der Waals surface area contributed by atoms with Gasteiger partial charge >= 0.3 is 0 Å². The number of aromatic amines is 1. The maximum absolute atomic E-state index is 11.9. The molecule has 0 spiro atoms. The number of sulfone groups is 1. The topological polar surface area (TPSA) is 62.8 Å². The number of benzene rings is 1. The van der Waals surface area contributed by atoms with Crippen LogP contribution in [0.5, 0.6) is 0 Å². The van der Waals surface area contributed by atoms with Gasteiger partial charge in [-0.1, -0.05) is 41.7 Å². The molecule has 1 heterocycles. The molecule has 0 amide bonds. The maximum Gasteiger partial charge on any atom is 0.176 e. The number of rotatable bonds is 4. The van der Waals surface area contributed by atoms with Gasteiger partial charge in [0.1, 0.15) is 10.8 Å². The van der Waals surface area contributed by atoms with E-state index in [9.17, 15) is 8.42 Å². The second-order valence-corrected chi connectivity index (χ2v) is 7.34. The van der Waals surface area contributed by atoms with E-state index in [0.29, 0.717) is 8.96 Å². The molecule has 0 saturated heterocycles. The zero-order valence-electron chi connectivity index (χ0n) is 8.79. The quantitative estimate of drug-likeness (QED) is 0.876. The Morgan fingerprint density at radius 3 is 2.53 bits per heavy atom. The van der Waals surface area contributed by atoms with E-state index in [1.807, 2.05) is 18.2 Å². The van der Waals surface area contributed by atoms with E-state index < -0.39 is 9.84 Å². The minimum atomic E-state index is -3.19. The largest absolute Gasteiger partial charge is 0.258 e. The molecule has 4 nitrogen and oxygen atoms in total. The van der Waals surface area contributed by atoms with Crippen LogP contribution in [0.1, 0.15) is 10.6 Å². The lowest BCUT2D eigenvalue weighted by Gasteiger charge is -2.01. The van der Waals surface area contributed by atoms with E-state index in [0.717, 1.165) is 5.56 Å². The van der Waals surface area contributed by atoms with Gasteiger partial charge in [0.05, 0.1) is 5.75 Å². The van der Waals surface area contributed by atoms with Gasteiger partial charge in [0.15, 0.2) is 13.8 Å². The standard InChI is InChI=1S/C10H10N2O2S3/c13-17(14,6-8-4-2-1-3-5-8)7-9-11-12-10(15)16-9/h1-5H,6-7H2,(H,12,15). The van der Waals surface area contributed by atoms with E-state index in [-0.39, 0.29) is 11.5 Å². The molecule has 17 heavy (non-hydrogen) atoms. The Morgan fingerprint density at radius 2 is 1.94 bits per heavy atom. The van der Waals surface area contributed by atoms with Gasteiger partial charge in [0.25, 0.3) is 0 Å². The predicted octanol–water partition coefficient (Wildman–Crippen LogP) is 2.32. The third kappa shape index (κ3) is 3.72. The molecule has 90 valence electrons. The Labute approximate surface area is 108 Å². The van der Waals surface area contributed by atoms with Gasteiger partial charge in [-0.15, -0.1) is 0 Å². The highest BCUT2D eigenvalue weighted by molar-refractivity contribution is 7.90. The van der Waals surface area contributed by atoms with Crippen LogP contribution in [0.3, 0.4) is 0 Å². The second kappa shape index (κ2) is 5.07. The van der Waals surface area contributed by atoms with Gasteiger partial charge in [0, 0.05) is 0 Å². The average molecular weight is 286 g/mol. The third-order valence-corrected chi connectivity index (χ3v) is 4.81. The Balaban J connectivity index is 2.12. The van der Waals surface area contributed by atoms with Crippen molar-refractivity contribution in [2.75, 3.05) is 0 Å². The molecular weight excluding hydrogens is 276 g/mol. The van der Waals surface area contributed by atoms with Crippen molar-refractivity contribution < 1.29 is 8.42 Å². The summed E-state index contributed by atoms with van der Waals surface area (Å²) in [6.45, 7) is 0. The van der Waals surface area contributed by atoms with Crippen molar-refractivity contribution in [1.82, 2.24) is 10.2 Å². The molecule has 7 heteroatoms. The molecule has 0 aliphatic rings. The van der Waals surface area contributed by atoms with E-state index in [4.69, 9.17) is 12.2 Å². The average Bonchev–Trinajstić information content (AvgIpc) is 2.63. The molecule has 2 rings (SSSR count). The zero-order valence-corrected chi connectivity index (χ0v) is 11.2. The molecule has 0 unspecified atom stereocenters. The zero-order chi connectivity index (χ0) is 12.3. The highest BCUT2D eigenvalue weighted by Gasteiger charge is 2.15. The van der Waals surface area contributed by atoms with Crippen molar-refractivity contribution in [3.8, 4) is 0 Å². The fourth-order valence-corrected chi connectivity index (χ4v) is 4.14. The number of hydrogen-bond donors (Lipinski definition) is 1. The lowest BCUT2D eigenvalue weighted by molar-refractivity contribution is 0.594. The first-order chi connectivity index (χ1) is 8.05. The van der Waals surface area contributed by atoms with Crippen LogP contribution in [0.2, 0.25) is 0 Å². The van der Waals surface area contributed by atoms with Crippen molar-refractivity contribution in [1.29, 1.82) is 0 Å². The van der Waals surface area contributed by atoms with E-state index in [1.54, 1.807) is 12.1 Å². The summed E-state index contributed by atoms with van der Waals surface area (Å²) in [5, 5.41) is 6.93. The van der Waals surface area contributed by atoms with Crippen LogP contribution >= 0.6 is 23.6 Å². The Hall–Kier alpha value is -1.05. The number of H-pyrrole nitrogens is 1. The summed E-state index contributed by atoms with van der Waals surface area (Å²) >= 11 is 6.05. The molecule has 0 atom stereocenters. The third-order valence-electron chi connectivity index (χ3n) is 2.06. The summed E-state index contributed by atoms with van der Waals surface area (Å²) in [6.07, 6.45) is 0. The molecule has 1 N–H and O–H groups in total.